The quantitative estimate of drug-likeness (QED) is 0.178. The predicted octanol–water partition coefficient (Wildman–Crippen LogP) is 7.83. The van der Waals surface area contributed by atoms with E-state index >= 15 is 0 Å². The third kappa shape index (κ3) is 4.02. The van der Waals surface area contributed by atoms with E-state index in [0.29, 0.717) is 11.1 Å². The van der Waals surface area contributed by atoms with E-state index in [1.807, 2.05) is 36.8 Å². The third-order valence-electron chi connectivity index (χ3n) is 7.92. The number of hydrogen-bond acceptors (Lipinski definition) is 4. The summed E-state index contributed by atoms with van der Waals surface area (Å²) in [6, 6.07) is 25.9. The van der Waals surface area contributed by atoms with Gasteiger partial charge in [0.1, 0.15) is 5.15 Å². The molecule has 1 aliphatic rings. The predicted molar refractivity (Wildman–Crippen MR) is 153 cm³/mol. The van der Waals surface area contributed by atoms with Crippen molar-refractivity contribution in [3.8, 4) is 11.3 Å². The Morgan fingerprint density at radius 1 is 0.737 bits per heavy atom. The van der Waals surface area contributed by atoms with E-state index in [2.05, 4.69) is 64.6 Å². The molecule has 0 bridgehead atoms. The van der Waals surface area contributed by atoms with Gasteiger partial charge in [-0.2, -0.15) is 0 Å². The largest absolute Gasteiger partial charge is 0.261 e. The van der Waals surface area contributed by atoms with E-state index in [9.17, 15) is 0 Å². The average Bonchev–Trinajstić information content (AvgIpc) is 2.98. The van der Waals surface area contributed by atoms with Crippen LogP contribution in [-0.4, -0.2) is 19.9 Å². The van der Waals surface area contributed by atoms with Gasteiger partial charge in [-0.05, 0) is 81.6 Å². The van der Waals surface area contributed by atoms with Crippen LogP contribution >= 0.6 is 11.6 Å². The van der Waals surface area contributed by atoms with Crippen LogP contribution in [-0.2, 0) is 12.8 Å². The SMILES string of the molecule is Clc1ccc(-c2ncccc2CC2CCc3c(ccc4c3ccc3ccccc34)C2c2cnccn2)cn1. The summed E-state index contributed by atoms with van der Waals surface area (Å²) >= 11 is 6.06. The van der Waals surface area contributed by atoms with Crippen molar-refractivity contribution in [2.45, 2.75) is 25.2 Å². The summed E-state index contributed by atoms with van der Waals surface area (Å²) in [6.45, 7) is 0. The number of rotatable bonds is 4. The summed E-state index contributed by atoms with van der Waals surface area (Å²) in [5, 5.41) is 5.74. The summed E-state index contributed by atoms with van der Waals surface area (Å²) < 4.78 is 0. The number of nitrogens with zero attached hydrogens (tertiary/aromatic N) is 4. The van der Waals surface area contributed by atoms with Crippen molar-refractivity contribution in [2.75, 3.05) is 0 Å². The van der Waals surface area contributed by atoms with Gasteiger partial charge in [0.2, 0.25) is 0 Å². The van der Waals surface area contributed by atoms with Gasteiger partial charge in [-0.25, -0.2) is 4.98 Å². The van der Waals surface area contributed by atoms with Gasteiger partial charge in [-0.15, -0.1) is 0 Å². The lowest BCUT2D eigenvalue weighted by Crippen LogP contribution is -2.25. The Hall–Kier alpha value is -4.15. The zero-order valence-corrected chi connectivity index (χ0v) is 21.5. The molecule has 1 aliphatic carbocycles. The second-order valence-electron chi connectivity index (χ2n) is 10.0. The van der Waals surface area contributed by atoms with Gasteiger partial charge in [-0.1, -0.05) is 66.2 Å². The lowest BCUT2D eigenvalue weighted by Gasteiger charge is -2.34. The van der Waals surface area contributed by atoms with E-state index < -0.39 is 0 Å². The monoisotopic (exact) mass is 512 g/mol. The second kappa shape index (κ2) is 9.62. The number of aryl methyl sites for hydroxylation is 1. The van der Waals surface area contributed by atoms with Crippen molar-refractivity contribution in [1.82, 2.24) is 19.9 Å². The zero-order valence-electron chi connectivity index (χ0n) is 20.8. The van der Waals surface area contributed by atoms with Gasteiger partial charge in [0.05, 0.1) is 11.4 Å². The maximum atomic E-state index is 6.06. The first-order valence-electron chi connectivity index (χ1n) is 13.0. The number of halogens is 1. The highest BCUT2D eigenvalue weighted by Gasteiger charge is 2.33. The van der Waals surface area contributed by atoms with Crippen LogP contribution in [0.4, 0.5) is 0 Å². The molecular formula is C33H25ClN4. The summed E-state index contributed by atoms with van der Waals surface area (Å²) in [5.74, 6) is 0.514. The number of benzene rings is 3. The Bertz CT molecular complexity index is 1770. The molecule has 0 spiro atoms. The van der Waals surface area contributed by atoms with Crippen molar-refractivity contribution in [1.29, 1.82) is 0 Å². The molecule has 2 unspecified atom stereocenters. The molecule has 0 fully saturated rings. The Kier molecular flexibility index (Phi) is 5.82. The molecule has 38 heavy (non-hydrogen) atoms. The molecule has 3 aromatic carbocycles. The highest BCUT2D eigenvalue weighted by molar-refractivity contribution is 6.29. The number of fused-ring (bicyclic) bond motifs is 5. The van der Waals surface area contributed by atoms with Crippen molar-refractivity contribution in [3.05, 3.63) is 131 Å². The van der Waals surface area contributed by atoms with Crippen LogP contribution in [0.25, 0.3) is 32.8 Å². The molecule has 0 amide bonds. The minimum atomic E-state index is 0.153. The lowest BCUT2D eigenvalue weighted by atomic mass is 9.70. The third-order valence-corrected chi connectivity index (χ3v) is 8.14. The first kappa shape index (κ1) is 23.0. The summed E-state index contributed by atoms with van der Waals surface area (Å²) in [6.07, 6.45) is 12.1. The van der Waals surface area contributed by atoms with E-state index in [1.165, 1.54) is 38.2 Å². The van der Waals surface area contributed by atoms with Crippen LogP contribution in [0.1, 0.15) is 34.7 Å². The fraction of sp³-hybridized carbons (Fsp3) is 0.152. The molecule has 0 radical (unpaired) electrons. The standard InChI is InChI=1S/C33H25ClN4/c34-31-14-9-24(19-38-31)33-23(5-3-15-37-33)18-22-8-11-28-27-10-7-21-4-1-2-6-25(21)26(27)12-13-29(28)32(22)30-20-35-16-17-36-30/h1-7,9-10,12-17,19-20,22,32H,8,11,18H2. The lowest BCUT2D eigenvalue weighted by molar-refractivity contribution is 0.402. The molecule has 3 heterocycles. The minimum absolute atomic E-state index is 0.153. The molecular weight excluding hydrogens is 488 g/mol. The van der Waals surface area contributed by atoms with Gasteiger partial charge in [-0.3, -0.25) is 15.0 Å². The average molecular weight is 513 g/mol. The van der Waals surface area contributed by atoms with Crippen LogP contribution in [0.2, 0.25) is 5.15 Å². The van der Waals surface area contributed by atoms with Gasteiger partial charge in [0.15, 0.2) is 0 Å². The molecule has 0 N–H and O–H groups in total. The van der Waals surface area contributed by atoms with Crippen LogP contribution in [0.3, 0.4) is 0 Å². The minimum Gasteiger partial charge on any atom is -0.261 e. The highest BCUT2D eigenvalue weighted by atomic mass is 35.5. The summed E-state index contributed by atoms with van der Waals surface area (Å²) in [5.41, 5.74) is 6.99. The molecule has 6 aromatic rings. The van der Waals surface area contributed by atoms with Gasteiger partial charge >= 0.3 is 0 Å². The number of pyridine rings is 2. The topological polar surface area (TPSA) is 51.6 Å². The van der Waals surface area contributed by atoms with Crippen LogP contribution in [0.5, 0.6) is 0 Å². The summed E-state index contributed by atoms with van der Waals surface area (Å²) in [4.78, 5) is 18.3. The van der Waals surface area contributed by atoms with E-state index in [-0.39, 0.29) is 5.92 Å². The Morgan fingerprint density at radius 3 is 2.53 bits per heavy atom. The first-order chi connectivity index (χ1) is 18.8. The van der Waals surface area contributed by atoms with Crippen molar-refractivity contribution in [3.63, 3.8) is 0 Å². The van der Waals surface area contributed by atoms with E-state index in [1.54, 1.807) is 12.4 Å². The van der Waals surface area contributed by atoms with Crippen LogP contribution < -0.4 is 0 Å². The molecule has 4 nitrogen and oxygen atoms in total. The van der Waals surface area contributed by atoms with Gasteiger partial charge in [0, 0.05) is 42.5 Å². The van der Waals surface area contributed by atoms with Crippen molar-refractivity contribution >= 4 is 33.1 Å². The molecule has 0 aliphatic heterocycles. The maximum Gasteiger partial charge on any atom is 0.129 e. The van der Waals surface area contributed by atoms with Gasteiger partial charge in [0.25, 0.3) is 0 Å². The molecule has 7 rings (SSSR count). The number of aromatic nitrogens is 4. The first-order valence-corrected chi connectivity index (χ1v) is 13.4. The summed E-state index contributed by atoms with van der Waals surface area (Å²) in [7, 11) is 0. The Labute approximate surface area is 226 Å². The molecule has 2 atom stereocenters. The van der Waals surface area contributed by atoms with Crippen LogP contribution in [0, 0.1) is 5.92 Å². The maximum absolute atomic E-state index is 6.06. The molecule has 184 valence electrons. The highest BCUT2D eigenvalue weighted by Crippen LogP contribution is 2.45. The Balaban J connectivity index is 1.34. The molecule has 5 heteroatoms. The number of hydrogen-bond donors (Lipinski definition) is 0. The van der Waals surface area contributed by atoms with Crippen LogP contribution in [0.15, 0.2) is 104 Å². The molecule has 0 saturated heterocycles. The second-order valence-corrected chi connectivity index (χ2v) is 10.4. The van der Waals surface area contributed by atoms with E-state index in [0.717, 1.165) is 36.2 Å². The fourth-order valence-electron chi connectivity index (χ4n) is 6.24. The van der Waals surface area contributed by atoms with E-state index in [4.69, 9.17) is 21.6 Å². The molecule has 3 aromatic heterocycles. The Morgan fingerprint density at radius 2 is 1.66 bits per heavy atom. The molecule has 0 saturated carbocycles. The zero-order chi connectivity index (χ0) is 25.5. The fourth-order valence-corrected chi connectivity index (χ4v) is 6.35. The van der Waals surface area contributed by atoms with Gasteiger partial charge < -0.3 is 0 Å². The normalized spacial score (nSPS) is 17.0. The smallest absolute Gasteiger partial charge is 0.129 e. The van der Waals surface area contributed by atoms with Crippen molar-refractivity contribution < 1.29 is 0 Å². The van der Waals surface area contributed by atoms with Crippen molar-refractivity contribution in [2.24, 2.45) is 5.92 Å².